The van der Waals surface area contributed by atoms with Crippen LogP contribution in [0.5, 0.6) is 0 Å². The quantitative estimate of drug-likeness (QED) is 0.789. The minimum atomic E-state index is 0.374. The Hall–Kier alpha value is -0.480. The van der Waals surface area contributed by atoms with Crippen molar-refractivity contribution in [3.05, 3.63) is 11.9 Å². The summed E-state index contributed by atoms with van der Waals surface area (Å²) in [5.74, 6) is 0.629. The van der Waals surface area contributed by atoms with E-state index in [1.54, 1.807) is 0 Å². The van der Waals surface area contributed by atoms with E-state index >= 15 is 0 Å². The fourth-order valence-electron chi connectivity index (χ4n) is 1.75. The Morgan fingerprint density at radius 1 is 1.50 bits per heavy atom. The van der Waals surface area contributed by atoms with E-state index in [0.717, 1.165) is 12.2 Å². The molecule has 1 rings (SSSR count). The third kappa shape index (κ3) is 3.03. The molecule has 0 aliphatic rings. The van der Waals surface area contributed by atoms with Gasteiger partial charge in [0.2, 0.25) is 0 Å². The molecule has 4 heteroatoms. The average molecular weight is 213 g/mol. The Labute approximate surface area is 90.3 Å². The van der Waals surface area contributed by atoms with Gasteiger partial charge in [-0.2, -0.15) is 8.75 Å². The smallest absolute Gasteiger partial charge is 0.0914 e. The van der Waals surface area contributed by atoms with Gasteiger partial charge in [0.25, 0.3) is 0 Å². The van der Waals surface area contributed by atoms with Crippen LogP contribution >= 0.6 is 11.7 Å². The molecule has 0 bridgehead atoms. The van der Waals surface area contributed by atoms with Crippen LogP contribution < -0.4 is 5.32 Å². The summed E-state index contributed by atoms with van der Waals surface area (Å²) in [5.41, 5.74) is 1.10. The number of nitrogens with one attached hydrogen (secondary N) is 1. The normalized spacial score (nSPS) is 15.4. The van der Waals surface area contributed by atoms with Crippen LogP contribution in [0.25, 0.3) is 0 Å². The van der Waals surface area contributed by atoms with Crippen molar-refractivity contribution >= 4 is 11.7 Å². The molecular weight excluding hydrogens is 194 g/mol. The summed E-state index contributed by atoms with van der Waals surface area (Å²) in [7, 11) is 0. The van der Waals surface area contributed by atoms with E-state index < -0.39 is 0 Å². The van der Waals surface area contributed by atoms with Crippen LogP contribution in [-0.2, 0) is 0 Å². The maximum absolute atomic E-state index is 4.31. The highest BCUT2D eigenvalue weighted by molar-refractivity contribution is 6.99. The molecule has 0 spiro atoms. The highest BCUT2D eigenvalue weighted by atomic mass is 32.1. The molecular formula is C10H19N3S. The molecule has 3 nitrogen and oxygen atoms in total. The molecule has 0 aliphatic heterocycles. The van der Waals surface area contributed by atoms with Crippen molar-refractivity contribution in [3.63, 3.8) is 0 Å². The summed E-state index contributed by atoms with van der Waals surface area (Å²) < 4.78 is 8.36. The molecule has 2 unspecified atom stereocenters. The topological polar surface area (TPSA) is 37.8 Å². The Kier molecular flexibility index (Phi) is 5.04. The fourth-order valence-corrected chi connectivity index (χ4v) is 2.21. The van der Waals surface area contributed by atoms with Crippen LogP contribution in [0.1, 0.15) is 45.3 Å². The molecule has 1 aromatic heterocycles. The summed E-state index contributed by atoms with van der Waals surface area (Å²) in [6, 6.07) is 0.374. The predicted molar refractivity (Wildman–Crippen MR) is 60.4 cm³/mol. The highest BCUT2D eigenvalue weighted by Gasteiger charge is 2.19. The third-order valence-electron chi connectivity index (χ3n) is 2.43. The number of hydrogen-bond donors (Lipinski definition) is 1. The number of hydrogen-bond acceptors (Lipinski definition) is 4. The molecule has 0 aromatic carbocycles. The third-order valence-corrected chi connectivity index (χ3v) is 2.93. The molecule has 0 amide bonds. The second-order valence-electron chi connectivity index (χ2n) is 3.63. The van der Waals surface area contributed by atoms with Gasteiger partial charge in [-0.15, -0.1) is 0 Å². The molecule has 2 atom stereocenters. The molecule has 80 valence electrons. The first kappa shape index (κ1) is 11.6. The number of nitrogens with zero attached hydrogens (tertiary/aromatic N) is 2. The van der Waals surface area contributed by atoms with Gasteiger partial charge in [0, 0.05) is 0 Å². The highest BCUT2D eigenvalue weighted by Crippen LogP contribution is 2.23. The minimum Gasteiger partial charge on any atom is -0.309 e. The van der Waals surface area contributed by atoms with Crippen LogP contribution in [0.2, 0.25) is 0 Å². The first-order valence-electron chi connectivity index (χ1n) is 5.30. The Bertz CT molecular complexity index is 236. The van der Waals surface area contributed by atoms with Gasteiger partial charge in [-0.25, -0.2) is 0 Å². The van der Waals surface area contributed by atoms with E-state index in [4.69, 9.17) is 0 Å². The van der Waals surface area contributed by atoms with Gasteiger partial charge in [0.1, 0.15) is 0 Å². The van der Waals surface area contributed by atoms with Crippen molar-refractivity contribution in [1.82, 2.24) is 14.1 Å². The molecule has 0 fully saturated rings. The molecule has 0 saturated carbocycles. The largest absolute Gasteiger partial charge is 0.309 e. The zero-order chi connectivity index (χ0) is 10.4. The van der Waals surface area contributed by atoms with Crippen LogP contribution in [-0.4, -0.2) is 15.3 Å². The van der Waals surface area contributed by atoms with Crippen molar-refractivity contribution < 1.29 is 0 Å². The lowest BCUT2D eigenvalue weighted by Gasteiger charge is -2.22. The van der Waals surface area contributed by atoms with Gasteiger partial charge in [0.15, 0.2) is 0 Å². The van der Waals surface area contributed by atoms with Gasteiger partial charge >= 0.3 is 0 Å². The average Bonchev–Trinajstić information content (AvgIpc) is 2.67. The van der Waals surface area contributed by atoms with E-state index in [0.29, 0.717) is 12.0 Å². The first-order chi connectivity index (χ1) is 6.79. The summed E-state index contributed by atoms with van der Waals surface area (Å²) in [4.78, 5) is 0. The Morgan fingerprint density at radius 2 is 2.29 bits per heavy atom. The fraction of sp³-hybridized carbons (Fsp3) is 0.800. The monoisotopic (exact) mass is 213 g/mol. The molecule has 1 heterocycles. The molecule has 14 heavy (non-hydrogen) atoms. The second-order valence-corrected chi connectivity index (χ2v) is 4.19. The predicted octanol–water partition coefficient (Wildman–Crippen LogP) is 2.62. The van der Waals surface area contributed by atoms with Crippen molar-refractivity contribution in [2.24, 2.45) is 5.92 Å². The van der Waals surface area contributed by atoms with Crippen LogP contribution in [0.15, 0.2) is 6.20 Å². The summed E-state index contributed by atoms with van der Waals surface area (Å²) >= 11 is 1.29. The van der Waals surface area contributed by atoms with Crippen molar-refractivity contribution in [2.75, 3.05) is 6.54 Å². The lowest BCUT2D eigenvalue weighted by atomic mass is 9.95. The van der Waals surface area contributed by atoms with Crippen LogP contribution in [0, 0.1) is 5.92 Å². The molecule has 0 radical (unpaired) electrons. The maximum atomic E-state index is 4.31. The minimum absolute atomic E-state index is 0.374. The van der Waals surface area contributed by atoms with Crippen molar-refractivity contribution in [3.8, 4) is 0 Å². The SMILES string of the molecule is CCCC(C)C(NCC)c1cnsn1. The lowest BCUT2D eigenvalue weighted by Crippen LogP contribution is -2.27. The van der Waals surface area contributed by atoms with Crippen molar-refractivity contribution in [2.45, 2.75) is 39.7 Å². The molecule has 0 aliphatic carbocycles. The Morgan fingerprint density at radius 3 is 2.79 bits per heavy atom. The molecule has 1 aromatic rings. The number of aromatic nitrogens is 2. The zero-order valence-electron chi connectivity index (χ0n) is 9.16. The van der Waals surface area contributed by atoms with Gasteiger partial charge < -0.3 is 5.32 Å². The van der Waals surface area contributed by atoms with E-state index in [2.05, 4.69) is 34.8 Å². The van der Waals surface area contributed by atoms with Crippen LogP contribution in [0.3, 0.4) is 0 Å². The van der Waals surface area contributed by atoms with E-state index in [9.17, 15) is 0 Å². The lowest BCUT2D eigenvalue weighted by molar-refractivity contribution is 0.364. The summed E-state index contributed by atoms with van der Waals surface area (Å²) in [6.07, 6.45) is 4.33. The Balaban J connectivity index is 2.63. The van der Waals surface area contributed by atoms with E-state index in [1.807, 2.05) is 6.20 Å². The van der Waals surface area contributed by atoms with Gasteiger partial charge in [-0.3, -0.25) is 0 Å². The van der Waals surface area contributed by atoms with Gasteiger partial charge in [-0.05, 0) is 18.9 Å². The summed E-state index contributed by atoms with van der Waals surface area (Å²) in [5, 5.41) is 3.47. The van der Waals surface area contributed by atoms with Crippen LogP contribution in [0.4, 0.5) is 0 Å². The van der Waals surface area contributed by atoms with E-state index in [-0.39, 0.29) is 0 Å². The van der Waals surface area contributed by atoms with Crippen molar-refractivity contribution in [1.29, 1.82) is 0 Å². The maximum Gasteiger partial charge on any atom is 0.0914 e. The molecule has 0 saturated heterocycles. The molecule has 1 N–H and O–H groups in total. The summed E-state index contributed by atoms with van der Waals surface area (Å²) in [6.45, 7) is 7.61. The zero-order valence-corrected chi connectivity index (χ0v) is 9.97. The van der Waals surface area contributed by atoms with Gasteiger partial charge in [-0.1, -0.05) is 27.2 Å². The van der Waals surface area contributed by atoms with E-state index in [1.165, 1.54) is 24.6 Å². The number of rotatable bonds is 6. The standard InChI is InChI=1S/C10H19N3S/c1-4-6-8(3)10(11-5-2)9-7-12-14-13-9/h7-8,10-11H,4-6H2,1-3H3. The first-order valence-corrected chi connectivity index (χ1v) is 6.03. The second kappa shape index (κ2) is 6.09. The van der Waals surface area contributed by atoms with Gasteiger partial charge in [0.05, 0.1) is 29.7 Å².